The third kappa shape index (κ3) is 4.27. The lowest BCUT2D eigenvalue weighted by Crippen LogP contribution is -2.19. The van der Waals surface area contributed by atoms with Crippen LogP contribution in [0.1, 0.15) is 18.4 Å². The maximum absolute atomic E-state index is 13.4. The average molecular weight is 253 g/mol. The van der Waals surface area contributed by atoms with Crippen molar-refractivity contribution in [2.75, 3.05) is 26.9 Å². The van der Waals surface area contributed by atoms with E-state index in [1.807, 2.05) is 6.07 Å². The summed E-state index contributed by atoms with van der Waals surface area (Å²) in [5.74, 6) is 0.772. The van der Waals surface area contributed by atoms with Crippen LogP contribution in [-0.2, 0) is 11.3 Å². The SMILES string of the molecule is COc1ccc(CNCCOCC2CC2)cc1F. The predicted molar refractivity (Wildman–Crippen MR) is 68.2 cm³/mol. The monoisotopic (exact) mass is 253 g/mol. The van der Waals surface area contributed by atoms with E-state index in [-0.39, 0.29) is 11.6 Å². The van der Waals surface area contributed by atoms with Gasteiger partial charge in [-0.2, -0.15) is 0 Å². The fourth-order valence-electron chi connectivity index (χ4n) is 1.73. The van der Waals surface area contributed by atoms with Crippen LogP contribution in [0, 0.1) is 11.7 Å². The number of nitrogens with one attached hydrogen (secondary N) is 1. The number of methoxy groups -OCH3 is 1. The molecule has 3 nitrogen and oxygen atoms in total. The molecule has 0 saturated heterocycles. The van der Waals surface area contributed by atoms with E-state index in [0.717, 1.165) is 31.2 Å². The molecule has 0 amide bonds. The van der Waals surface area contributed by atoms with Gasteiger partial charge in [0, 0.05) is 19.7 Å². The summed E-state index contributed by atoms with van der Waals surface area (Å²) in [7, 11) is 1.47. The largest absolute Gasteiger partial charge is 0.494 e. The van der Waals surface area contributed by atoms with Crippen LogP contribution in [0.4, 0.5) is 4.39 Å². The van der Waals surface area contributed by atoms with Crippen LogP contribution in [-0.4, -0.2) is 26.9 Å². The highest BCUT2D eigenvalue weighted by atomic mass is 19.1. The first kappa shape index (κ1) is 13.3. The first-order valence-electron chi connectivity index (χ1n) is 6.40. The van der Waals surface area contributed by atoms with Crippen LogP contribution in [0.5, 0.6) is 5.75 Å². The molecule has 0 heterocycles. The van der Waals surface area contributed by atoms with E-state index in [1.54, 1.807) is 6.07 Å². The summed E-state index contributed by atoms with van der Waals surface area (Å²) in [4.78, 5) is 0. The van der Waals surface area contributed by atoms with Crippen molar-refractivity contribution in [1.82, 2.24) is 5.32 Å². The third-order valence-corrected chi connectivity index (χ3v) is 3.02. The number of halogens is 1. The Balaban J connectivity index is 1.61. The van der Waals surface area contributed by atoms with Gasteiger partial charge in [-0.3, -0.25) is 0 Å². The highest BCUT2D eigenvalue weighted by molar-refractivity contribution is 5.29. The summed E-state index contributed by atoms with van der Waals surface area (Å²) in [6.07, 6.45) is 2.64. The van der Waals surface area contributed by atoms with Crippen molar-refractivity contribution in [3.63, 3.8) is 0 Å². The van der Waals surface area contributed by atoms with Gasteiger partial charge < -0.3 is 14.8 Å². The molecule has 2 rings (SSSR count). The van der Waals surface area contributed by atoms with Crippen LogP contribution >= 0.6 is 0 Å². The summed E-state index contributed by atoms with van der Waals surface area (Å²) in [5, 5.41) is 3.23. The first-order chi connectivity index (χ1) is 8.79. The topological polar surface area (TPSA) is 30.5 Å². The van der Waals surface area contributed by atoms with E-state index in [2.05, 4.69) is 5.32 Å². The fourth-order valence-corrected chi connectivity index (χ4v) is 1.73. The van der Waals surface area contributed by atoms with Crippen molar-refractivity contribution in [2.24, 2.45) is 5.92 Å². The minimum atomic E-state index is -0.318. The second-order valence-electron chi connectivity index (χ2n) is 4.66. The number of benzene rings is 1. The molecular formula is C14H20FNO2. The zero-order chi connectivity index (χ0) is 12.8. The first-order valence-corrected chi connectivity index (χ1v) is 6.40. The Morgan fingerprint density at radius 1 is 1.39 bits per heavy atom. The van der Waals surface area contributed by atoms with Gasteiger partial charge in [0.2, 0.25) is 0 Å². The Morgan fingerprint density at radius 2 is 2.22 bits per heavy atom. The van der Waals surface area contributed by atoms with Crippen molar-refractivity contribution in [2.45, 2.75) is 19.4 Å². The minimum absolute atomic E-state index is 0.284. The smallest absolute Gasteiger partial charge is 0.165 e. The third-order valence-electron chi connectivity index (χ3n) is 3.02. The molecule has 0 aliphatic heterocycles. The minimum Gasteiger partial charge on any atom is -0.494 e. The van der Waals surface area contributed by atoms with E-state index < -0.39 is 0 Å². The van der Waals surface area contributed by atoms with Gasteiger partial charge in [0.25, 0.3) is 0 Å². The molecule has 1 aromatic rings. The number of hydrogen-bond acceptors (Lipinski definition) is 3. The Bertz CT molecular complexity index is 380. The number of ether oxygens (including phenoxy) is 2. The Morgan fingerprint density at radius 3 is 2.89 bits per heavy atom. The van der Waals surface area contributed by atoms with E-state index in [4.69, 9.17) is 9.47 Å². The van der Waals surface area contributed by atoms with Crippen LogP contribution in [0.3, 0.4) is 0 Å². The Hall–Kier alpha value is -1.13. The van der Waals surface area contributed by atoms with Gasteiger partial charge in [0.1, 0.15) is 0 Å². The van der Waals surface area contributed by atoms with Crippen molar-refractivity contribution in [3.8, 4) is 5.75 Å². The molecule has 0 unspecified atom stereocenters. The molecule has 1 saturated carbocycles. The molecule has 0 spiro atoms. The molecular weight excluding hydrogens is 233 g/mol. The predicted octanol–water partition coefficient (Wildman–Crippen LogP) is 2.35. The van der Waals surface area contributed by atoms with Crippen LogP contribution in [0.15, 0.2) is 18.2 Å². The molecule has 0 atom stereocenters. The lowest BCUT2D eigenvalue weighted by molar-refractivity contribution is 0.126. The van der Waals surface area contributed by atoms with E-state index >= 15 is 0 Å². The van der Waals surface area contributed by atoms with Gasteiger partial charge in [-0.05, 0) is 36.5 Å². The van der Waals surface area contributed by atoms with Crippen LogP contribution in [0.2, 0.25) is 0 Å². The van der Waals surface area contributed by atoms with Gasteiger partial charge in [-0.25, -0.2) is 4.39 Å². The standard InChI is InChI=1S/C14H20FNO2/c1-17-14-5-4-12(8-13(14)15)9-16-6-7-18-10-11-2-3-11/h4-5,8,11,16H,2-3,6-7,9-10H2,1H3. The second kappa shape index (κ2) is 6.71. The van der Waals surface area contributed by atoms with Crippen molar-refractivity contribution in [3.05, 3.63) is 29.6 Å². The van der Waals surface area contributed by atoms with Crippen molar-refractivity contribution < 1.29 is 13.9 Å². The lowest BCUT2D eigenvalue weighted by atomic mass is 10.2. The molecule has 0 bridgehead atoms. The van der Waals surface area contributed by atoms with Gasteiger partial charge in [-0.1, -0.05) is 6.07 Å². The van der Waals surface area contributed by atoms with Crippen LogP contribution < -0.4 is 10.1 Å². The summed E-state index contributed by atoms with van der Waals surface area (Å²) < 4.78 is 23.8. The molecule has 1 aromatic carbocycles. The summed E-state index contributed by atoms with van der Waals surface area (Å²) >= 11 is 0. The molecule has 4 heteroatoms. The molecule has 1 aliphatic carbocycles. The maximum atomic E-state index is 13.4. The molecule has 1 aliphatic rings. The second-order valence-corrected chi connectivity index (χ2v) is 4.66. The molecule has 18 heavy (non-hydrogen) atoms. The molecule has 100 valence electrons. The quantitative estimate of drug-likeness (QED) is 0.721. The van der Waals surface area contributed by atoms with Crippen LogP contribution in [0.25, 0.3) is 0 Å². The molecule has 0 aromatic heterocycles. The zero-order valence-corrected chi connectivity index (χ0v) is 10.7. The lowest BCUT2D eigenvalue weighted by Gasteiger charge is -2.07. The molecule has 1 fully saturated rings. The van der Waals surface area contributed by atoms with E-state index in [1.165, 1.54) is 26.0 Å². The fraction of sp³-hybridized carbons (Fsp3) is 0.571. The van der Waals surface area contributed by atoms with E-state index in [0.29, 0.717) is 6.54 Å². The van der Waals surface area contributed by atoms with Gasteiger partial charge >= 0.3 is 0 Å². The number of hydrogen-bond donors (Lipinski definition) is 1. The Labute approximate surface area is 107 Å². The van der Waals surface area contributed by atoms with Gasteiger partial charge in [-0.15, -0.1) is 0 Å². The highest BCUT2D eigenvalue weighted by Crippen LogP contribution is 2.28. The normalized spacial score (nSPS) is 14.8. The summed E-state index contributed by atoms with van der Waals surface area (Å²) in [5.41, 5.74) is 0.912. The molecule has 0 radical (unpaired) electrons. The average Bonchev–Trinajstić information content (AvgIpc) is 3.18. The summed E-state index contributed by atoms with van der Waals surface area (Å²) in [6, 6.07) is 5.01. The summed E-state index contributed by atoms with van der Waals surface area (Å²) in [6.45, 7) is 3.04. The number of rotatable bonds is 8. The van der Waals surface area contributed by atoms with Gasteiger partial charge in [0.05, 0.1) is 13.7 Å². The Kier molecular flexibility index (Phi) is 4.96. The van der Waals surface area contributed by atoms with Crippen molar-refractivity contribution >= 4 is 0 Å². The highest BCUT2D eigenvalue weighted by Gasteiger charge is 2.20. The maximum Gasteiger partial charge on any atom is 0.165 e. The van der Waals surface area contributed by atoms with Crippen molar-refractivity contribution in [1.29, 1.82) is 0 Å². The molecule has 1 N–H and O–H groups in total. The zero-order valence-electron chi connectivity index (χ0n) is 10.7. The van der Waals surface area contributed by atoms with E-state index in [9.17, 15) is 4.39 Å². The van der Waals surface area contributed by atoms with Gasteiger partial charge in [0.15, 0.2) is 11.6 Å².